The van der Waals surface area contributed by atoms with E-state index in [-0.39, 0.29) is 37.2 Å². The van der Waals surface area contributed by atoms with Gasteiger partial charge in [0.1, 0.15) is 29.4 Å². The van der Waals surface area contributed by atoms with Gasteiger partial charge in [-0.1, -0.05) is 6.07 Å². The standard InChI is InChI=1S/C15H17F2N3O3.ClH/c16-9-2-1-3-10(17)13(9)20-6-4-11(15(20)22)19-14(21)12-8-23-7-5-18-12;/h1-3,11-12,18H,4-8H2,(H,19,21);1H. The third-order valence-electron chi connectivity index (χ3n) is 3.97. The zero-order valence-electron chi connectivity index (χ0n) is 12.8. The quantitative estimate of drug-likeness (QED) is 0.827. The molecule has 6 nitrogen and oxygen atoms in total. The molecule has 0 aromatic heterocycles. The highest BCUT2D eigenvalue weighted by Crippen LogP contribution is 2.27. The van der Waals surface area contributed by atoms with Gasteiger partial charge in [-0.05, 0) is 18.6 Å². The number of rotatable bonds is 3. The van der Waals surface area contributed by atoms with Crippen LogP contribution in [0.5, 0.6) is 0 Å². The molecule has 2 amide bonds. The van der Waals surface area contributed by atoms with Gasteiger partial charge in [-0.25, -0.2) is 8.78 Å². The van der Waals surface area contributed by atoms with Gasteiger partial charge in [0.05, 0.1) is 13.2 Å². The molecular weight excluding hydrogens is 344 g/mol. The summed E-state index contributed by atoms with van der Waals surface area (Å²) in [6.45, 7) is 1.48. The minimum atomic E-state index is -0.798. The molecule has 2 aliphatic rings. The van der Waals surface area contributed by atoms with Crippen molar-refractivity contribution < 1.29 is 23.1 Å². The van der Waals surface area contributed by atoms with Gasteiger partial charge in [0.2, 0.25) is 11.8 Å². The SMILES string of the molecule is Cl.O=C(NC1CCN(c2c(F)cccc2F)C1=O)C1COCCN1. The highest BCUT2D eigenvalue weighted by Gasteiger charge is 2.37. The van der Waals surface area contributed by atoms with E-state index in [0.29, 0.717) is 19.6 Å². The van der Waals surface area contributed by atoms with Crippen LogP contribution in [0.15, 0.2) is 18.2 Å². The summed E-state index contributed by atoms with van der Waals surface area (Å²) in [6, 6.07) is 2.13. The lowest BCUT2D eigenvalue weighted by atomic mass is 10.2. The molecule has 9 heteroatoms. The van der Waals surface area contributed by atoms with Gasteiger partial charge in [0.25, 0.3) is 0 Å². The molecule has 2 aliphatic heterocycles. The Morgan fingerprint density at radius 1 is 1.33 bits per heavy atom. The maximum absolute atomic E-state index is 13.8. The molecule has 2 heterocycles. The summed E-state index contributed by atoms with van der Waals surface area (Å²) >= 11 is 0. The fraction of sp³-hybridized carbons (Fsp3) is 0.467. The first-order valence-corrected chi connectivity index (χ1v) is 7.45. The average molecular weight is 362 g/mol. The second-order valence-electron chi connectivity index (χ2n) is 5.49. The second kappa shape index (κ2) is 7.87. The van der Waals surface area contributed by atoms with E-state index in [0.717, 1.165) is 17.0 Å². The van der Waals surface area contributed by atoms with Crippen LogP contribution in [-0.4, -0.2) is 50.2 Å². The first-order chi connectivity index (χ1) is 11.1. The number of morpholine rings is 1. The predicted molar refractivity (Wildman–Crippen MR) is 85.1 cm³/mol. The number of anilines is 1. The molecule has 1 aromatic carbocycles. The zero-order valence-corrected chi connectivity index (χ0v) is 13.6. The molecule has 2 atom stereocenters. The average Bonchev–Trinajstić information content (AvgIpc) is 2.89. The molecule has 2 unspecified atom stereocenters. The van der Waals surface area contributed by atoms with Crippen molar-refractivity contribution >= 4 is 29.9 Å². The molecule has 24 heavy (non-hydrogen) atoms. The van der Waals surface area contributed by atoms with Crippen molar-refractivity contribution in [2.45, 2.75) is 18.5 Å². The Hall–Kier alpha value is -1.77. The fourth-order valence-corrected chi connectivity index (χ4v) is 2.79. The van der Waals surface area contributed by atoms with Crippen LogP contribution in [0.3, 0.4) is 0 Å². The van der Waals surface area contributed by atoms with Crippen molar-refractivity contribution in [2.24, 2.45) is 0 Å². The molecule has 2 N–H and O–H groups in total. The summed E-state index contributed by atoms with van der Waals surface area (Å²) in [7, 11) is 0. The number of nitrogens with one attached hydrogen (secondary N) is 2. The van der Waals surface area contributed by atoms with Gasteiger partial charge in [-0.15, -0.1) is 12.4 Å². The molecular formula is C15H18ClF2N3O3. The van der Waals surface area contributed by atoms with E-state index < -0.39 is 29.6 Å². The molecule has 0 bridgehead atoms. The Kier molecular flexibility index (Phi) is 6.09. The number of benzene rings is 1. The molecule has 0 spiro atoms. The Morgan fingerprint density at radius 2 is 2.04 bits per heavy atom. The van der Waals surface area contributed by atoms with Crippen LogP contribution in [0, 0.1) is 11.6 Å². The van der Waals surface area contributed by atoms with Gasteiger partial charge in [0, 0.05) is 13.1 Å². The lowest BCUT2D eigenvalue weighted by molar-refractivity contribution is -0.129. The lowest BCUT2D eigenvalue weighted by Gasteiger charge is -2.24. The van der Waals surface area contributed by atoms with Crippen LogP contribution >= 0.6 is 12.4 Å². The summed E-state index contributed by atoms with van der Waals surface area (Å²) < 4.78 is 32.8. The van der Waals surface area contributed by atoms with Crippen LogP contribution in [0.4, 0.5) is 14.5 Å². The van der Waals surface area contributed by atoms with Crippen molar-refractivity contribution in [1.29, 1.82) is 0 Å². The van der Waals surface area contributed by atoms with Gasteiger partial charge in [0.15, 0.2) is 0 Å². The largest absolute Gasteiger partial charge is 0.378 e. The van der Waals surface area contributed by atoms with Crippen LogP contribution in [0.25, 0.3) is 0 Å². The number of carbonyl (C=O) groups is 2. The van der Waals surface area contributed by atoms with E-state index in [4.69, 9.17) is 4.74 Å². The summed E-state index contributed by atoms with van der Waals surface area (Å²) in [4.78, 5) is 25.5. The van der Waals surface area contributed by atoms with Crippen molar-refractivity contribution in [2.75, 3.05) is 31.2 Å². The van der Waals surface area contributed by atoms with Gasteiger partial charge in [-0.3, -0.25) is 9.59 Å². The zero-order chi connectivity index (χ0) is 16.4. The molecule has 0 aliphatic carbocycles. The summed E-state index contributed by atoms with van der Waals surface area (Å²) in [5.41, 5.74) is -0.367. The number of para-hydroxylation sites is 1. The van der Waals surface area contributed by atoms with E-state index in [1.165, 1.54) is 6.07 Å². The highest BCUT2D eigenvalue weighted by molar-refractivity contribution is 6.02. The molecule has 2 fully saturated rings. The van der Waals surface area contributed by atoms with E-state index in [2.05, 4.69) is 10.6 Å². The highest BCUT2D eigenvalue weighted by atomic mass is 35.5. The minimum Gasteiger partial charge on any atom is -0.378 e. The number of halogens is 3. The summed E-state index contributed by atoms with van der Waals surface area (Å²) in [5.74, 6) is -2.46. The van der Waals surface area contributed by atoms with Crippen LogP contribution in [0.2, 0.25) is 0 Å². The third-order valence-corrected chi connectivity index (χ3v) is 3.97. The fourth-order valence-electron chi connectivity index (χ4n) is 2.79. The molecule has 132 valence electrons. The van der Waals surface area contributed by atoms with Gasteiger partial charge >= 0.3 is 0 Å². The van der Waals surface area contributed by atoms with E-state index >= 15 is 0 Å². The Labute approximate surface area is 143 Å². The maximum Gasteiger partial charge on any atom is 0.249 e. The molecule has 2 saturated heterocycles. The number of hydrogen-bond donors (Lipinski definition) is 2. The molecule has 0 radical (unpaired) electrons. The first kappa shape index (κ1) is 18.6. The molecule has 3 rings (SSSR count). The Balaban J connectivity index is 0.00000208. The van der Waals surface area contributed by atoms with Crippen molar-refractivity contribution in [3.8, 4) is 0 Å². The van der Waals surface area contributed by atoms with Crippen LogP contribution < -0.4 is 15.5 Å². The topological polar surface area (TPSA) is 70.7 Å². The van der Waals surface area contributed by atoms with Crippen LogP contribution in [0.1, 0.15) is 6.42 Å². The summed E-state index contributed by atoms with van der Waals surface area (Å²) in [6.07, 6.45) is 0.298. The number of ether oxygens (including phenoxy) is 1. The maximum atomic E-state index is 13.8. The molecule has 0 saturated carbocycles. The predicted octanol–water partition coefficient (Wildman–Crippen LogP) is 0.596. The van der Waals surface area contributed by atoms with Gasteiger partial charge in [-0.2, -0.15) is 0 Å². The van der Waals surface area contributed by atoms with Crippen LogP contribution in [-0.2, 0) is 14.3 Å². The Bertz CT molecular complexity index is 606. The van der Waals surface area contributed by atoms with E-state index in [1.54, 1.807) is 0 Å². The van der Waals surface area contributed by atoms with Crippen molar-refractivity contribution in [3.63, 3.8) is 0 Å². The summed E-state index contributed by atoms with van der Waals surface area (Å²) in [5, 5.41) is 5.61. The number of hydrogen-bond acceptors (Lipinski definition) is 4. The van der Waals surface area contributed by atoms with E-state index in [1.807, 2.05) is 0 Å². The normalized spacial score (nSPS) is 23.8. The van der Waals surface area contributed by atoms with E-state index in [9.17, 15) is 18.4 Å². The monoisotopic (exact) mass is 361 g/mol. The molecule has 1 aromatic rings. The minimum absolute atomic E-state index is 0. The number of carbonyl (C=O) groups excluding carboxylic acids is 2. The third kappa shape index (κ3) is 3.66. The Morgan fingerprint density at radius 3 is 2.67 bits per heavy atom. The number of amides is 2. The van der Waals surface area contributed by atoms with Crippen molar-refractivity contribution in [1.82, 2.24) is 10.6 Å². The number of nitrogens with zero attached hydrogens (tertiary/aromatic N) is 1. The lowest BCUT2D eigenvalue weighted by Crippen LogP contribution is -2.54. The van der Waals surface area contributed by atoms with Gasteiger partial charge < -0.3 is 20.3 Å². The van der Waals surface area contributed by atoms with Crippen molar-refractivity contribution in [3.05, 3.63) is 29.8 Å². The smallest absolute Gasteiger partial charge is 0.249 e. The first-order valence-electron chi connectivity index (χ1n) is 7.45. The second-order valence-corrected chi connectivity index (χ2v) is 5.49.